The molecule has 2 unspecified atom stereocenters. The number of rotatable bonds is 5. The van der Waals surface area contributed by atoms with Crippen LogP contribution < -0.4 is 10.6 Å². The van der Waals surface area contributed by atoms with Gasteiger partial charge in [-0.25, -0.2) is 9.97 Å². The molecule has 5 nitrogen and oxygen atoms in total. The van der Waals surface area contributed by atoms with Crippen LogP contribution >= 0.6 is 0 Å². The fourth-order valence-corrected chi connectivity index (χ4v) is 2.75. The van der Waals surface area contributed by atoms with Crippen molar-refractivity contribution in [1.29, 1.82) is 0 Å². The lowest BCUT2D eigenvalue weighted by Gasteiger charge is -2.18. The molecular weight excluding hydrogens is 252 g/mol. The fourth-order valence-electron chi connectivity index (χ4n) is 2.75. The number of nitrogens with zero attached hydrogens (tertiary/aromatic N) is 2. The smallest absolute Gasteiger partial charge is 0.136 e. The highest BCUT2D eigenvalue weighted by Gasteiger charge is 2.29. The predicted molar refractivity (Wildman–Crippen MR) is 80.3 cm³/mol. The van der Waals surface area contributed by atoms with E-state index in [0.717, 1.165) is 42.6 Å². The number of ether oxygens (including phenoxy) is 1. The quantitative estimate of drug-likeness (QED) is 0.865. The molecule has 0 spiro atoms. The van der Waals surface area contributed by atoms with E-state index in [0.29, 0.717) is 17.9 Å². The van der Waals surface area contributed by atoms with Gasteiger partial charge in [0.15, 0.2) is 0 Å². The molecule has 1 aliphatic heterocycles. The van der Waals surface area contributed by atoms with Gasteiger partial charge in [0.2, 0.25) is 0 Å². The van der Waals surface area contributed by atoms with Gasteiger partial charge in [-0.05, 0) is 33.1 Å². The van der Waals surface area contributed by atoms with Crippen LogP contribution in [0.25, 0.3) is 0 Å². The second-order valence-corrected chi connectivity index (χ2v) is 5.93. The highest BCUT2D eigenvalue weighted by molar-refractivity contribution is 5.57. The van der Waals surface area contributed by atoms with Crippen LogP contribution in [0.4, 0.5) is 11.6 Å². The summed E-state index contributed by atoms with van der Waals surface area (Å²) in [5.74, 6) is 4.05. The highest BCUT2D eigenvalue weighted by Crippen LogP contribution is 2.39. The molecule has 2 aliphatic rings. The van der Waals surface area contributed by atoms with Gasteiger partial charge in [0.25, 0.3) is 0 Å². The summed E-state index contributed by atoms with van der Waals surface area (Å²) < 4.78 is 5.62. The van der Waals surface area contributed by atoms with Crippen molar-refractivity contribution in [2.45, 2.75) is 45.1 Å². The molecule has 0 amide bonds. The van der Waals surface area contributed by atoms with Gasteiger partial charge in [-0.3, -0.25) is 0 Å². The third-order valence-electron chi connectivity index (χ3n) is 4.41. The molecule has 1 aliphatic carbocycles. The summed E-state index contributed by atoms with van der Waals surface area (Å²) in [6.45, 7) is 6.03. The topological polar surface area (TPSA) is 59.1 Å². The average molecular weight is 276 g/mol. The average Bonchev–Trinajstić information content (AvgIpc) is 3.21. The summed E-state index contributed by atoms with van der Waals surface area (Å²) in [6.07, 6.45) is 3.92. The zero-order valence-corrected chi connectivity index (χ0v) is 12.6. The lowest BCUT2D eigenvalue weighted by atomic mass is 10.0. The van der Waals surface area contributed by atoms with Crippen molar-refractivity contribution in [3.05, 3.63) is 11.4 Å². The molecule has 0 aromatic carbocycles. The van der Waals surface area contributed by atoms with Crippen molar-refractivity contribution < 1.29 is 4.74 Å². The van der Waals surface area contributed by atoms with E-state index < -0.39 is 0 Å². The number of hydrogen-bond acceptors (Lipinski definition) is 5. The first-order chi connectivity index (χ1) is 9.69. The van der Waals surface area contributed by atoms with E-state index in [2.05, 4.69) is 29.5 Å². The van der Waals surface area contributed by atoms with Crippen LogP contribution in [-0.2, 0) is 4.74 Å². The van der Waals surface area contributed by atoms with Gasteiger partial charge in [-0.2, -0.15) is 0 Å². The van der Waals surface area contributed by atoms with Crippen LogP contribution in [-0.4, -0.2) is 36.3 Å². The van der Waals surface area contributed by atoms with Crippen molar-refractivity contribution in [3.63, 3.8) is 0 Å². The number of hydrogen-bond donors (Lipinski definition) is 2. The SMILES string of the molecule is CNc1nc(C2CC2)nc(NCC2CCOC2C)c1C. The van der Waals surface area contributed by atoms with Crippen molar-refractivity contribution in [2.75, 3.05) is 30.8 Å². The molecule has 2 atom stereocenters. The van der Waals surface area contributed by atoms with E-state index in [1.165, 1.54) is 12.8 Å². The maximum atomic E-state index is 5.62. The van der Waals surface area contributed by atoms with E-state index in [4.69, 9.17) is 9.72 Å². The van der Waals surface area contributed by atoms with Gasteiger partial charge >= 0.3 is 0 Å². The molecule has 2 N–H and O–H groups in total. The van der Waals surface area contributed by atoms with Gasteiger partial charge in [0.1, 0.15) is 17.5 Å². The summed E-state index contributed by atoms with van der Waals surface area (Å²) in [5.41, 5.74) is 1.10. The Labute approximate surface area is 120 Å². The van der Waals surface area contributed by atoms with Gasteiger partial charge in [0.05, 0.1) is 6.10 Å². The zero-order chi connectivity index (χ0) is 14.1. The lowest BCUT2D eigenvalue weighted by Crippen LogP contribution is -2.22. The highest BCUT2D eigenvalue weighted by atomic mass is 16.5. The Kier molecular flexibility index (Phi) is 3.78. The Morgan fingerprint density at radius 3 is 2.55 bits per heavy atom. The van der Waals surface area contributed by atoms with Crippen molar-refractivity contribution in [2.24, 2.45) is 5.92 Å². The van der Waals surface area contributed by atoms with Crippen LogP contribution in [0.3, 0.4) is 0 Å². The summed E-state index contributed by atoms with van der Waals surface area (Å²) in [7, 11) is 1.92. The van der Waals surface area contributed by atoms with Crippen LogP contribution in [0.15, 0.2) is 0 Å². The maximum Gasteiger partial charge on any atom is 0.136 e. The summed E-state index contributed by atoms with van der Waals surface area (Å²) >= 11 is 0. The second kappa shape index (κ2) is 5.56. The Balaban J connectivity index is 1.75. The van der Waals surface area contributed by atoms with Gasteiger partial charge < -0.3 is 15.4 Å². The monoisotopic (exact) mass is 276 g/mol. The number of aromatic nitrogens is 2. The number of anilines is 2. The van der Waals surface area contributed by atoms with E-state index >= 15 is 0 Å². The van der Waals surface area contributed by atoms with Crippen molar-refractivity contribution in [3.8, 4) is 0 Å². The fraction of sp³-hybridized carbons (Fsp3) is 0.733. The third-order valence-corrected chi connectivity index (χ3v) is 4.41. The van der Waals surface area contributed by atoms with Gasteiger partial charge in [-0.1, -0.05) is 0 Å². The Morgan fingerprint density at radius 2 is 1.95 bits per heavy atom. The summed E-state index contributed by atoms with van der Waals surface area (Å²) in [4.78, 5) is 9.35. The zero-order valence-electron chi connectivity index (χ0n) is 12.6. The molecule has 0 bridgehead atoms. The third kappa shape index (κ3) is 2.73. The normalized spacial score (nSPS) is 25.8. The largest absolute Gasteiger partial charge is 0.378 e. The summed E-state index contributed by atoms with van der Waals surface area (Å²) in [5, 5.41) is 6.69. The number of nitrogens with one attached hydrogen (secondary N) is 2. The molecule has 1 aromatic heterocycles. The Hall–Kier alpha value is -1.36. The molecule has 0 radical (unpaired) electrons. The minimum absolute atomic E-state index is 0.344. The van der Waals surface area contributed by atoms with Crippen LogP contribution in [0.2, 0.25) is 0 Å². The molecule has 5 heteroatoms. The molecule has 110 valence electrons. The maximum absolute atomic E-state index is 5.62. The molecule has 3 rings (SSSR count). The standard InChI is InChI=1S/C15H24N4O/c1-9-13(16-3)18-15(11-4-5-11)19-14(9)17-8-12-6-7-20-10(12)2/h10-12H,4-8H2,1-3H3,(H2,16,17,18,19). The molecule has 1 aromatic rings. The minimum Gasteiger partial charge on any atom is -0.378 e. The molecule has 1 saturated carbocycles. The molecule has 2 fully saturated rings. The van der Waals surface area contributed by atoms with E-state index in [1.54, 1.807) is 0 Å². The van der Waals surface area contributed by atoms with E-state index in [9.17, 15) is 0 Å². The second-order valence-electron chi connectivity index (χ2n) is 5.93. The first-order valence-electron chi connectivity index (χ1n) is 7.60. The van der Waals surface area contributed by atoms with Crippen LogP contribution in [0, 0.1) is 12.8 Å². The predicted octanol–water partition coefficient (Wildman–Crippen LogP) is 2.54. The van der Waals surface area contributed by atoms with Crippen molar-refractivity contribution in [1.82, 2.24) is 9.97 Å². The van der Waals surface area contributed by atoms with Gasteiger partial charge in [-0.15, -0.1) is 0 Å². The van der Waals surface area contributed by atoms with Crippen molar-refractivity contribution >= 4 is 11.6 Å². The van der Waals surface area contributed by atoms with E-state index in [1.807, 2.05) is 7.05 Å². The Bertz CT molecular complexity index is 487. The first-order valence-corrected chi connectivity index (χ1v) is 7.60. The molecule has 2 heterocycles. The Morgan fingerprint density at radius 1 is 1.20 bits per heavy atom. The lowest BCUT2D eigenvalue weighted by molar-refractivity contribution is 0.108. The molecular formula is C15H24N4O. The van der Waals surface area contributed by atoms with Crippen LogP contribution in [0.1, 0.15) is 43.5 Å². The minimum atomic E-state index is 0.344. The van der Waals surface area contributed by atoms with E-state index in [-0.39, 0.29) is 0 Å². The van der Waals surface area contributed by atoms with Gasteiger partial charge in [0, 0.05) is 37.6 Å². The molecule has 20 heavy (non-hydrogen) atoms. The summed E-state index contributed by atoms with van der Waals surface area (Å²) in [6, 6.07) is 0. The molecule has 1 saturated heterocycles. The van der Waals surface area contributed by atoms with Crippen LogP contribution in [0.5, 0.6) is 0 Å². The first kappa shape index (κ1) is 13.6.